The first-order valence-corrected chi connectivity index (χ1v) is 14.2. The van der Waals surface area contributed by atoms with E-state index in [1.165, 1.54) is 23.3 Å². The molecule has 3 aromatic carbocycles. The quantitative estimate of drug-likeness (QED) is 0.0958. The zero-order valence-corrected chi connectivity index (χ0v) is 24.0. The minimum Gasteiger partial charge on any atom is -0.399 e. The molecule has 0 amide bonds. The molecule has 0 saturated heterocycles. The fourth-order valence-corrected chi connectivity index (χ4v) is 5.22. The Labute approximate surface area is 256 Å². The number of fused-ring (bicyclic) bond motifs is 1. The Kier molecular flexibility index (Phi) is 8.72. The van der Waals surface area contributed by atoms with Crippen LogP contribution in [0.1, 0.15) is 48.4 Å². The van der Waals surface area contributed by atoms with Crippen LogP contribution in [0.4, 0.5) is 15.8 Å². The summed E-state index contributed by atoms with van der Waals surface area (Å²) in [5.74, 6) is 5.78. The van der Waals surface area contributed by atoms with Gasteiger partial charge in [0, 0.05) is 41.6 Å². The highest BCUT2D eigenvalue weighted by Gasteiger charge is 2.32. The highest BCUT2D eigenvalue weighted by atomic mass is 35.5. The van der Waals surface area contributed by atoms with Crippen LogP contribution in [-0.4, -0.2) is 23.9 Å². The molecule has 4 aromatic rings. The number of hydrogen-bond acceptors (Lipinski definition) is 8. The van der Waals surface area contributed by atoms with Gasteiger partial charge >= 0.3 is 0 Å². The molecule has 43 heavy (non-hydrogen) atoms. The van der Waals surface area contributed by atoms with Crippen LogP contribution in [0, 0.1) is 28.5 Å². The van der Waals surface area contributed by atoms with E-state index < -0.39 is 11.3 Å². The van der Waals surface area contributed by atoms with Gasteiger partial charge in [-0.2, -0.15) is 10.5 Å². The third-order valence-corrected chi connectivity index (χ3v) is 7.75. The summed E-state index contributed by atoms with van der Waals surface area (Å²) in [6, 6.07) is 23.2. The summed E-state index contributed by atoms with van der Waals surface area (Å²) >= 11 is 6.76. The molecule has 1 fully saturated rings. The Morgan fingerprint density at radius 1 is 1.19 bits per heavy atom. The minimum atomic E-state index is -1.51. The Bertz CT molecular complexity index is 1730. The summed E-state index contributed by atoms with van der Waals surface area (Å²) in [4.78, 5) is 4.45. The summed E-state index contributed by atoms with van der Waals surface area (Å²) in [5.41, 5.74) is 8.48. The first kappa shape index (κ1) is 29.7. The molecule has 2 atom stereocenters. The van der Waals surface area contributed by atoms with Crippen LogP contribution in [0.5, 0.6) is 0 Å². The topological polar surface area (TPSA) is 140 Å². The zero-order chi connectivity index (χ0) is 30.6. The van der Waals surface area contributed by atoms with E-state index in [1.54, 1.807) is 30.5 Å². The lowest BCUT2D eigenvalue weighted by molar-refractivity contribution is 0.377. The maximum atomic E-state index is 13.9. The lowest BCUT2D eigenvalue weighted by Gasteiger charge is -2.35. The summed E-state index contributed by atoms with van der Waals surface area (Å²) < 4.78 is 13.9. The van der Waals surface area contributed by atoms with Crippen molar-refractivity contribution >= 4 is 41.7 Å². The molecule has 1 saturated carbocycles. The van der Waals surface area contributed by atoms with Gasteiger partial charge in [-0.05, 0) is 54.7 Å². The largest absolute Gasteiger partial charge is 0.399 e. The third-order valence-electron chi connectivity index (χ3n) is 7.46. The van der Waals surface area contributed by atoms with Crippen LogP contribution >= 0.6 is 11.6 Å². The number of nitrogens with two attached hydrogens (primary N) is 2. The van der Waals surface area contributed by atoms with Gasteiger partial charge in [0.05, 0.1) is 39.3 Å². The molecule has 2 unspecified atom stereocenters. The second-order valence-corrected chi connectivity index (χ2v) is 10.9. The van der Waals surface area contributed by atoms with Crippen LogP contribution in [0.15, 0.2) is 84.8 Å². The van der Waals surface area contributed by atoms with Gasteiger partial charge in [-0.1, -0.05) is 54.1 Å². The highest BCUT2D eigenvalue weighted by Crippen LogP contribution is 2.38. The van der Waals surface area contributed by atoms with E-state index in [9.17, 15) is 14.9 Å². The Hall–Kier alpha value is -4.77. The third kappa shape index (κ3) is 6.51. The lowest BCUT2D eigenvalue weighted by Crippen LogP contribution is -2.43. The zero-order valence-electron chi connectivity index (χ0n) is 23.3. The van der Waals surface area contributed by atoms with Crippen LogP contribution in [-0.2, 0) is 5.44 Å². The monoisotopic (exact) mass is 590 g/mol. The Balaban J connectivity index is 1.61. The van der Waals surface area contributed by atoms with Gasteiger partial charge in [0.15, 0.2) is 0 Å². The number of nitriles is 2. The number of pyridine rings is 1. The number of anilines is 2. The molecule has 1 aliphatic rings. The fraction of sp³-hybridized carbons (Fsp3) is 0.219. The van der Waals surface area contributed by atoms with E-state index in [0.29, 0.717) is 51.3 Å². The summed E-state index contributed by atoms with van der Waals surface area (Å²) in [7, 11) is 6.95. The van der Waals surface area contributed by atoms with E-state index in [-0.39, 0.29) is 17.8 Å². The van der Waals surface area contributed by atoms with Crippen molar-refractivity contribution in [3.8, 4) is 12.1 Å². The number of hydrogen-bond donors (Lipinski definition) is 4. The second kappa shape index (κ2) is 12.6. The minimum absolute atomic E-state index is 0.175. The molecular formula is C32H29BClFN8. The molecule has 0 spiro atoms. The SMILES string of the molecule is [B]C(Nc1cc(Cl)c2ncc(C#N)c(NC(CCC#N)c3ccccc3)c2c1)(/C(N)=C/N(N)C1CC1)c1ccc(F)cc1. The summed E-state index contributed by atoms with van der Waals surface area (Å²) in [6.45, 7) is 0. The lowest BCUT2D eigenvalue weighted by atomic mass is 9.69. The van der Waals surface area contributed by atoms with Crippen LogP contribution in [0.25, 0.3) is 10.9 Å². The molecule has 5 rings (SSSR count). The van der Waals surface area contributed by atoms with Gasteiger partial charge in [0.25, 0.3) is 0 Å². The van der Waals surface area contributed by atoms with Gasteiger partial charge in [-0.15, -0.1) is 0 Å². The molecular weight excluding hydrogens is 562 g/mol. The number of nitrogens with zero attached hydrogens (tertiary/aromatic N) is 4. The molecule has 0 aliphatic heterocycles. The maximum Gasteiger partial charge on any atom is 0.123 e. The smallest absolute Gasteiger partial charge is 0.123 e. The first-order chi connectivity index (χ1) is 20.7. The highest BCUT2D eigenvalue weighted by molar-refractivity contribution is 6.36. The predicted molar refractivity (Wildman–Crippen MR) is 168 cm³/mol. The number of rotatable bonds is 11. The number of aromatic nitrogens is 1. The first-order valence-electron chi connectivity index (χ1n) is 13.8. The van der Waals surface area contributed by atoms with Crippen molar-refractivity contribution < 1.29 is 4.39 Å². The van der Waals surface area contributed by atoms with Crippen molar-refractivity contribution in [2.75, 3.05) is 10.6 Å². The van der Waals surface area contributed by atoms with E-state index in [1.807, 2.05) is 30.3 Å². The molecule has 8 nitrogen and oxygen atoms in total. The van der Waals surface area contributed by atoms with Crippen LogP contribution in [0.3, 0.4) is 0 Å². The normalized spacial score (nSPS) is 15.1. The molecule has 214 valence electrons. The van der Waals surface area contributed by atoms with Crippen molar-refractivity contribution in [2.24, 2.45) is 11.6 Å². The molecule has 11 heteroatoms. The van der Waals surface area contributed by atoms with Crippen molar-refractivity contribution in [1.82, 2.24) is 9.99 Å². The van der Waals surface area contributed by atoms with Crippen molar-refractivity contribution in [1.29, 1.82) is 10.5 Å². The van der Waals surface area contributed by atoms with Crippen molar-refractivity contribution in [3.05, 3.63) is 112 Å². The number of nitrogens with one attached hydrogen (secondary N) is 2. The second-order valence-electron chi connectivity index (χ2n) is 10.5. The molecule has 1 aromatic heterocycles. The van der Waals surface area contributed by atoms with Crippen molar-refractivity contribution in [3.63, 3.8) is 0 Å². The average molecular weight is 591 g/mol. The summed E-state index contributed by atoms with van der Waals surface area (Å²) in [6.07, 6.45) is 5.77. The van der Waals surface area contributed by atoms with Gasteiger partial charge in [-0.25, -0.2) is 10.2 Å². The molecule has 1 heterocycles. The molecule has 6 N–H and O–H groups in total. The Morgan fingerprint density at radius 3 is 2.56 bits per heavy atom. The van der Waals surface area contributed by atoms with E-state index in [4.69, 9.17) is 31.0 Å². The number of halogens is 2. The van der Waals surface area contributed by atoms with Crippen molar-refractivity contribution in [2.45, 2.75) is 43.2 Å². The number of hydrazine groups is 1. The van der Waals surface area contributed by atoms with E-state index >= 15 is 0 Å². The summed E-state index contributed by atoms with van der Waals surface area (Å²) in [5, 5.41) is 28.5. The standard InChI is InChI=1S/C32H29BClFN8/c33-32(22-8-10-23(35)11-9-22,29(38)19-43(39)25-12-13-25)42-24-15-26-30(21(17-37)18-40-31(26)27(34)16-24)41-28(7-4-14-36)20-5-2-1-3-6-20/h1-3,5-6,8-11,15-16,18-19,25,28,42H,4,7,12-13,38-39H2,(H,40,41)/b29-19-. The molecule has 0 bridgehead atoms. The molecule has 1 aliphatic carbocycles. The van der Waals surface area contributed by atoms with Crippen LogP contribution in [0.2, 0.25) is 5.02 Å². The van der Waals surface area contributed by atoms with Gasteiger partial charge in [0.2, 0.25) is 0 Å². The van der Waals surface area contributed by atoms with E-state index in [2.05, 4.69) is 27.8 Å². The average Bonchev–Trinajstić information content (AvgIpc) is 3.86. The Morgan fingerprint density at radius 2 is 1.91 bits per heavy atom. The van der Waals surface area contributed by atoms with Gasteiger partial charge in [-0.3, -0.25) is 4.98 Å². The van der Waals surface area contributed by atoms with E-state index in [0.717, 1.165) is 18.4 Å². The fourth-order valence-electron chi connectivity index (χ4n) is 4.95. The van der Waals surface area contributed by atoms with Gasteiger partial charge in [0.1, 0.15) is 19.7 Å². The number of benzene rings is 3. The van der Waals surface area contributed by atoms with Gasteiger partial charge < -0.3 is 21.4 Å². The predicted octanol–water partition coefficient (Wildman–Crippen LogP) is 5.93. The van der Waals surface area contributed by atoms with Crippen LogP contribution < -0.4 is 22.2 Å². The molecule has 2 radical (unpaired) electrons. The maximum absolute atomic E-state index is 13.9.